The molecule has 3 aliphatic rings. The fourth-order valence-electron chi connectivity index (χ4n) is 5.41. The van der Waals surface area contributed by atoms with Crippen LogP contribution in [0.5, 0.6) is 0 Å². The van der Waals surface area contributed by atoms with Crippen molar-refractivity contribution >= 4 is 5.91 Å². The maximum atomic E-state index is 12.9. The molecule has 2 aliphatic carbocycles. The van der Waals surface area contributed by atoms with E-state index in [2.05, 4.69) is 23.7 Å². The molecule has 0 bridgehead atoms. The third-order valence-electron chi connectivity index (χ3n) is 8.82. The molecule has 1 saturated heterocycles. The molecule has 0 radical (unpaired) electrons. The van der Waals surface area contributed by atoms with Crippen molar-refractivity contribution in [2.45, 2.75) is 110 Å². The van der Waals surface area contributed by atoms with Gasteiger partial charge >= 0.3 is 0 Å². The summed E-state index contributed by atoms with van der Waals surface area (Å²) in [6, 6.07) is 0. The topological polar surface area (TPSA) is 61.8 Å². The number of aliphatic hydroxyl groups is 1. The van der Waals surface area contributed by atoms with Gasteiger partial charge in [-0.15, -0.1) is 0 Å². The molecule has 0 unspecified atom stereocenters. The second-order valence-electron chi connectivity index (χ2n) is 11.9. The summed E-state index contributed by atoms with van der Waals surface area (Å²) in [6.07, 6.45) is 17.2. The SMILES string of the molecule is C=C(/C=C(\C)NC(=O)C(C)(C)N(C)CC1CCOCC1)C1(CO)CCCC1.CCCCC1CCC1. The molecule has 5 heteroatoms. The molecule has 0 atom stereocenters. The van der Waals surface area contributed by atoms with E-state index >= 15 is 0 Å². The van der Waals surface area contributed by atoms with Gasteiger partial charge in [-0.05, 0) is 77.0 Å². The predicted molar refractivity (Wildman–Crippen MR) is 146 cm³/mol. The van der Waals surface area contributed by atoms with Crippen LogP contribution < -0.4 is 5.32 Å². The van der Waals surface area contributed by atoms with E-state index in [-0.39, 0.29) is 17.9 Å². The highest BCUT2D eigenvalue weighted by molar-refractivity contribution is 5.86. The fourth-order valence-corrected chi connectivity index (χ4v) is 5.41. The number of rotatable bonds is 11. The Morgan fingerprint density at radius 1 is 1.14 bits per heavy atom. The quantitative estimate of drug-likeness (QED) is 0.337. The van der Waals surface area contributed by atoms with Crippen LogP contribution in [0.25, 0.3) is 0 Å². The van der Waals surface area contributed by atoms with Gasteiger partial charge in [0.25, 0.3) is 0 Å². The van der Waals surface area contributed by atoms with Gasteiger partial charge in [0.15, 0.2) is 0 Å². The van der Waals surface area contributed by atoms with Crippen LogP contribution in [-0.4, -0.2) is 54.9 Å². The molecule has 0 aromatic carbocycles. The van der Waals surface area contributed by atoms with Crippen LogP contribution in [-0.2, 0) is 9.53 Å². The molecule has 2 N–H and O–H groups in total. The summed E-state index contributed by atoms with van der Waals surface area (Å²) in [7, 11) is 2.02. The first-order valence-corrected chi connectivity index (χ1v) is 14.2. The van der Waals surface area contributed by atoms with E-state index in [1.54, 1.807) is 0 Å². The minimum absolute atomic E-state index is 0.0110. The third-order valence-corrected chi connectivity index (χ3v) is 8.82. The van der Waals surface area contributed by atoms with Gasteiger partial charge in [-0.3, -0.25) is 9.69 Å². The highest BCUT2D eigenvalue weighted by Gasteiger charge is 2.36. The van der Waals surface area contributed by atoms with Crippen molar-refractivity contribution in [3.63, 3.8) is 0 Å². The number of hydrogen-bond donors (Lipinski definition) is 2. The predicted octanol–water partition coefficient (Wildman–Crippen LogP) is 6.23. The number of unbranched alkanes of at least 4 members (excludes halogenated alkanes) is 1. The Hall–Kier alpha value is -1.17. The first kappa shape index (κ1) is 30.1. The number of nitrogens with zero attached hydrogens (tertiary/aromatic N) is 1. The third kappa shape index (κ3) is 9.02. The van der Waals surface area contributed by atoms with E-state index in [0.717, 1.165) is 75.5 Å². The van der Waals surface area contributed by atoms with E-state index in [9.17, 15) is 9.90 Å². The number of carbonyl (C=O) groups excluding carboxylic acids is 1. The molecular weight excluding hydrogens is 436 g/mol. The minimum atomic E-state index is -0.600. The van der Waals surface area contributed by atoms with Crippen molar-refractivity contribution in [2.75, 3.05) is 33.4 Å². The maximum absolute atomic E-state index is 12.9. The summed E-state index contributed by atoms with van der Waals surface area (Å²) in [6.45, 7) is 15.0. The minimum Gasteiger partial charge on any atom is -0.395 e. The van der Waals surface area contributed by atoms with Crippen molar-refractivity contribution in [3.8, 4) is 0 Å². The number of carbonyl (C=O) groups is 1. The smallest absolute Gasteiger partial charge is 0.244 e. The number of hydrogen-bond acceptors (Lipinski definition) is 4. The van der Waals surface area contributed by atoms with Crippen LogP contribution in [0, 0.1) is 17.3 Å². The number of allylic oxidation sites excluding steroid dienone is 2. The summed E-state index contributed by atoms with van der Waals surface area (Å²) in [4.78, 5) is 15.1. The molecule has 2 saturated carbocycles. The van der Waals surface area contributed by atoms with E-state index < -0.39 is 5.54 Å². The Kier molecular flexibility index (Phi) is 12.5. The van der Waals surface area contributed by atoms with Gasteiger partial charge in [0, 0.05) is 30.9 Å². The molecule has 3 fully saturated rings. The molecule has 0 spiro atoms. The van der Waals surface area contributed by atoms with Gasteiger partial charge in [-0.2, -0.15) is 0 Å². The van der Waals surface area contributed by atoms with Crippen LogP contribution in [0.4, 0.5) is 0 Å². The average molecular weight is 491 g/mol. The highest BCUT2D eigenvalue weighted by atomic mass is 16.5. The summed E-state index contributed by atoms with van der Waals surface area (Å²) < 4.78 is 5.43. The molecule has 1 heterocycles. The molecule has 0 aromatic heterocycles. The second kappa shape index (κ2) is 14.5. The molecule has 0 aromatic rings. The summed E-state index contributed by atoms with van der Waals surface area (Å²) in [5.74, 6) is 1.71. The molecule has 1 aliphatic heterocycles. The fraction of sp³-hybridized carbons (Fsp3) is 0.833. The number of aliphatic hydroxyl groups excluding tert-OH is 1. The largest absolute Gasteiger partial charge is 0.395 e. The van der Waals surface area contributed by atoms with Crippen LogP contribution in [0.1, 0.15) is 105 Å². The van der Waals surface area contributed by atoms with Crippen molar-refractivity contribution in [3.05, 3.63) is 23.9 Å². The van der Waals surface area contributed by atoms with Gasteiger partial charge in [-0.25, -0.2) is 0 Å². The lowest BCUT2D eigenvalue weighted by Crippen LogP contribution is -2.54. The van der Waals surface area contributed by atoms with Gasteiger partial charge in [0.1, 0.15) is 0 Å². The standard InChI is InChI=1S/C22H38N2O3.C8H16/c1-17(22(16-25)10-6-7-11-22)14-18(2)23-20(26)21(3,4)24(5)15-19-8-12-27-13-9-19;1-2-3-5-8-6-4-7-8/h14,19,25H,1,6-13,15-16H2,2-5H3,(H,23,26);8H,2-7H2,1H3/b18-14+;. The van der Waals surface area contributed by atoms with Crippen molar-refractivity contribution in [2.24, 2.45) is 17.3 Å². The van der Waals surface area contributed by atoms with Crippen molar-refractivity contribution in [1.29, 1.82) is 0 Å². The Bertz CT molecular complexity index is 684. The van der Waals surface area contributed by atoms with E-state index in [0.29, 0.717) is 5.92 Å². The Labute approximate surface area is 215 Å². The second-order valence-corrected chi connectivity index (χ2v) is 11.9. The lowest BCUT2D eigenvalue weighted by molar-refractivity contribution is -0.130. The zero-order valence-corrected chi connectivity index (χ0v) is 23.5. The Morgan fingerprint density at radius 3 is 2.29 bits per heavy atom. The molecule has 5 nitrogen and oxygen atoms in total. The van der Waals surface area contributed by atoms with E-state index in [4.69, 9.17) is 4.74 Å². The zero-order valence-electron chi connectivity index (χ0n) is 23.5. The first-order valence-electron chi connectivity index (χ1n) is 14.2. The van der Waals surface area contributed by atoms with Gasteiger partial charge < -0.3 is 15.2 Å². The van der Waals surface area contributed by atoms with E-state index in [1.807, 2.05) is 33.9 Å². The van der Waals surface area contributed by atoms with Crippen LogP contribution >= 0.6 is 0 Å². The van der Waals surface area contributed by atoms with Gasteiger partial charge in [-0.1, -0.05) is 64.9 Å². The summed E-state index contributed by atoms with van der Waals surface area (Å²) in [5, 5.41) is 12.9. The number of ether oxygens (including phenoxy) is 1. The van der Waals surface area contributed by atoms with Crippen LogP contribution in [0.2, 0.25) is 0 Å². The van der Waals surface area contributed by atoms with Crippen molar-refractivity contribution in [1.82, 2.24) is 10.2 Å². The molecule has 1 amide bonds. The van der Waals surface area contributed by atoms with Crippen LogP contribution in [0.15, 0.2) is 23.9 Å². The lowest BCUT2D eigenvalue weighted by atomic mass is 9.79. The first-order chi connectivity index (χ1) is 16.6. The lowest BCUT2D eigenvalue weighted by Gasteiger charge is -2.37. The van der Waals surface area contributed by atoms with E-state index in [1.165, 1.54) is 38.5 Å². The van der Waals surface area contributed by atoms with Gasteiger partial charge in [0.2, 0.25) is 5.91 Å². The summed E-state index contributed by atoms with van der Waals surface area (Å²) >= 11 is 0. The normalized spacial score (nSPS) is 21.3. The molecular formula is C30H54N2O3. The summed E-state index contributed by atoms with van der Waals surface area (Å²) in [5.41, 5.74) is 0.906. The average Bonchev–Trinajstić information content (AvgIpc) is 3.30. The number of amides is 1. The Morgan fingerprint density at radius 2 is 1.77 bits per heavy atom. The monoisotopic (exact) mass is 490 g/mol. The van der Waals surface area contributed by atoms with Gasteiger partial charge in [0.05, 0.1) is 12.1 Å². The maximum Gasteiger partial charge on any atom is 0.244 e. The van der Waals surface area contributed by atoms with Crippen LogP contribution in [0.3, 0.4) is 0 Å². The molecule has 3 rings (SSSR count). The highest BCUT2D eigenvalue weighted by Crippen LogP contribution is 2.43. The molecule has 202 valence electrons. The molecule has 35 heavy (non-hydrogen) atoms. The zero-order chi connectivity index (χ0) is 25.9. The Balaban J connectivity index is 0.000000456. The number of nitrogens with one attached hydrogen (secondary N) is 1. The van der Waals surface area contributed by atoms with Crippen molar-refractivity contribution < 1.29 is 14.6 Å². The number of likely N-dealkylation sites (N-methyl/N-ethyl adjacent to an activating group) is 1.